The largest absolute Gasteiger partial charge is 0.465 e. The Morgan fingerprint density at radius 3 is 2.81 bits per heavy atom. The Balaban J connectivity index is 1.96. The molecule has 1 aromatic carbocycles. The number of benzene rings is 1. The topological polar surface area (TPSA) is 114 Å². The minimum Gasteiger partial charge on any atom is -0.465 e. The molecule has 0 bridgehead atoms. The molecule has 1 aliphatic heterocycles. The van der Waals surface area contributed by atoms with Crippen LogP contribution in [-0.4, -0.2) is 57.6 Å². The molecule has 1 aliphatic rings. The van der Waals surface area contributed by atoms with E-state index in [2.05, 4.69) is 10.3 Å². The summed E-state index contributed by atoms with van der Waals surface area (Å²) in [5.74, 6) is -1.70. The number of hydrogen-bond acceptors (Lipinski definition) is 7. The van der Waals surface area contributed by atoms with Crippen molar-refractivity contribution in [3.63, 3.8) is 0 Å². The van der Waals surface area contributed by atoms with Crippen molar-refractivity contribution in [2.24, 2.45) is 0 Å². The van der Waals surface area contributed by atoms with E-state index < -0.39 is 17.8 Å². The highest BCUT2D eigenvalue weighted by Crippen LogP contribution is 2.24. The molecule has 9 heteroatoms. The first-order chi connectivity index (χ1) is 12.5. The third-order valence-corrected chi connectivity index (χ3v) is 3.81. The van der Waals surface area contributed by atoms with Crippen molar-refractivity contribution in [1.82, 2.24) is 14.5 Å². The number of rotatable bonds is 6. The van der Waals surface area contributed by atoms with Gasteiger partial charge >= 0.3 is 5.97 Å². The number of esters is 1. The van der Waals surface area contributed by atoms with Gasteiger partial charge in [0.05, 0.1) is 37.8 Å². The van der Waals surface area contributed by atoms with Crippen molar-refractivity contribution < 1.29 is 24.2 Å². The van der Waals surface area contributed by atoms with Crippen LogP contribution in [0.4, 0.5) is 5.69 Å². The Bertz CT molecular complexity index is 889. The number of amides is 2. The highest BCUT2D eigenvalue weighted by atomic mass is 16.5. The fraction of sp³-hybridized carbons (Fsp3) is 0.176. The SMILES string of the molecule is COC(=O)c1ccc(-n2ccnc2)cc1NC1=CC(=O)N(CCO)C1=O. The first-order valence-electron chi connectivity index (χ1n) is 7.71. The smallest absolute Gasteiger partial charge is 0.339 e. The van der Waals surface area contributed by atoms with E-state index in [1.165, 1.54) is 7.11 Å². The Labute approximate surface area is 148 Å². The summed E-state index contributed by atoms with van der Waals surface area (Å²) in [5, 5.41) is 11.8. The number of aliphatic hydroxyl groups excluding tert-OH is 1. The summed E-state index contributed by atoms with van der Waals surface area (Å²) in [4.78, 5) is 41.1. The van der Waals surface area contributed by atoms with Crippen molar-refractivity contribution in [3.8, 4) is 5.69 Å². The van der Waals surface area contributed by atoms with Gasteiger partial charge in [0.2, 0.25) is 0 Å². The van der Waals surface area contributed by atoms with Crippen molar-refractivity contribution in [3.05, 3.63) is 54.3 Å². The van der Waals surface area contributed by atoms with Crippen LogP contribution >= 0.6 is 0 Å². The van der Waals surface area contributed by atoms with Crippen LogP contribution in [0, 0.1) is 0 Å². The summed E-state index contributed by atoms with van der Waals surface area (Å²) in [5.41, 5.74) is 1.22. The second-order valence-corrected chi connectivity index (χ2v) is 5.39. The summed E-state index contributed by atoms with van der Waals surface area (Å²) >= 11 is 0. The maximum atomic E-state index is 12.3. The maximum Gasteiger partial charge on any atom is 0.339 e. The average Bonchev–Trinajstić information content (AvgIpc) is 3.26. The van der Waals surface area contributed by atoms with Gasteiger partial charge in [-0.1, -0.05) is 0 Å². The van der Waals surface area contributed by atoms with Crippen molar-refractivity contribution in [2.45, 2.75) is 0 Å². The average molecular weight is 356 g/mol. The van der Waals surface area contributed by atoms with Gasteiger partial charge in [-0.2, -0.15) is 0 Å². The predicted molar refractivity (Wildman–Crippen MR) is 90.4 cm³/mol. The molecule has 3 rings (SSSR count). The first kappa shape index (κ1) is 17.4. The van der Waals surface area contributed by atoms with Gasteiger partial charge in [-0.25, -0.2) is 9.78 Å². The summed E-state index contributed by atoms with van der Waals surface area (Å²) in [6, 6.07) is 4.89. The van der Waals surface area contributed by atoms with Crippen LogP contribution in [0.3, 0.4) is 0 Å². The number of aliphatic hydroxyl groups is 1. The zero-order chi connectivity index (χ0) is 18.7. The molecule has 0 saturated heterocycles. The van der Waals surface area contributed by atoms with Gasteiger partial charge in [-0.3, -0.25) is 14.5 Å². The Kier molecular flexibility index (Phi) is 4.81. The number of β-amino-alcohol motifs (C(OH)–C–C–N with tert-alkyl or cyclic N) is 1. The number of imide groups is 1. The maximum absolute atomic E-state index is 12.3. The van der Waals surface area contributed by atoms with Crippen molar-refractivity contribution in [2.75, 3.05) is 25.6 Å². The van der Waals surface area contributed by atoms with E-state index in [0.29, 0.717) is 11.4 Å². The number of carbonyl (C=O) groups excluding carboxylic acids is 3. The number of hydrogen-bond donors (Lipinski definition) is 2. The van der Waals surface area contributed by atoms with Crippen LogP contribution in [0.2, 0.25) is 0 Å². The number of aromatic nitrogens is 2. The number of nitrogens with zero attached hydrogens (tertiary/aromatic N) is 3. The molecule has 0 unspecified atom stereocenters. The lowest BCUT2D eigenvalue weighted by atomic mass is 10.1. The third kappa shape index (κ3) is 3.20. The summed E-state index contributed by atoms with van der Waals surface area (Å²) in [6.07, 6.45) is 6.05. The summed E-state index contributed by atoms with van der Waals surface area (Å²) in [6.45, 7) is -0.430. The van der Waals surface area contributed by atoms with Crippen LogP contribution in [0.1, 0.15) is 10.4 Å². The third-order valence-electron chi connectivity index (χ3n) is 3.81. The molecule has 0 fully saturated rings. The molecule has 9 nitrogen and oxygen atoms in total. The first-order valence-corrected chi connectivity index (χ1v) is 7.71. The molecule has 1 aromatic heterocycles. The Hall–Kier alpha value is -3.46. The van der Waals surface area contributed by atoms with E-state index in [1.54, 1.807) is 41.5 Å². The molecule has 26 heavy (non-hydrogen) atoms. The van der Waals surface area contributed by atoms with E-state index in [1.807, 2.05) is 0 Å². The Morgan fingerprint density at radius 2 is 2.15 bits per heavy atom. The fourth-order valence-electron chi connectivity index (χ4n) is 2.55. The molecule has 0 saturated carbocycles. The second-order valence-electron chi connectivity index (χ2n) is 5.39. The Morgan fingerprint density at radius 1 is 1.35 bits per heavy atom. The minimum absolute atomic E-state index is 0.0105. The highest BCUT2D eigenvalue weighted by molar-refractivity contribution is 6.17. The lowest BCUT2D eigenvalue weighted by molar-refractivity contribution is -0.137. The number of ether oxygens (including phenoxy) is 1. The van der Waals surface area contributed by atoms with E-state index in [9.17, 15) is 14.4 Å². The van der Waals surface area contributed by atoms with Gasteiger partial charge in [0.1, 0.15) is 5.70 Å². The van der Waals surface area contributed by atoms with Crippen LogP contribution in [0.25, 0.3) is 5.69 Å². The minimum atomic E-state index is -0.589. The van der Waals surface area contributed by atoms with Gasteiger partial charge in [0, 0.05) is 24.2 Å². The molecule has 134 valence electrons. The van der Waals surface area contributed by atoms with Crippen LogP contribution in [0.5, 0.6) is 0 Å². The van der Waals surface area contributed by atoms with Crippen LogP contribution < -0.4 is 5.32 Å². The molecule has 0 atom stereocenters. The molecule has 0 spiro atoms. The normalized spacial score (nSPS) is 13.8. The number of imidazole rings is 1. The number of methoxy groups -OCH3 is 1. The molecular formula is C17H16N4O5. The lowest BCUT2D eigenvalue weighted by Crippen LogP contribution is -2.34. The van der Waals surface area contributed by atoms with Gasteiger partial charge in [-0.05, 0) is 18.2 Å². The van der Waals surface area contributed by atoms with Gasteiger partial charge in [0.25, 0.3) is 11.8 Å². The van der Waals surface area contributed by atoms with E-state index in [0.717, 1.165) is 11.0 Å². The molecule has 2 aromatic rings. The zero-order valence-electron chi connectivity index (χ0n) is 13.9. The quantitative estimate of drug-likeness (QED) is 0.566. The van der Waals surface area contributed by atoms with Crippen LogP contribution in [0.15, 0.2) is 48.7 Å². The van der Waals surface area contributed by atoms with E-state index in [4.69, 9.17) is 9.84 Å². The van der Waals surface area contributed by atoms with Gasteiger partial charge in [0.15, 0.2) is 0 Å². The lowest BCUT2D eigenvalue weighted by Gasteiger charge is -2.15. The number of anilines is 1. The van der Waals surface area contributed by atoms with Gasteiger partial charge < -0.3 is 19.7 Å². The summed E-state index contributed by atoms with van der Waals surface area (Å²) < 4.78 is 6.49. The molecule has 0 radical (unpaired) electrons. The van der Waals surface area contributed by atoms with Gasteiger partial charge in [-0.15, -0.1) is 0 Å². The van der Waals surface area contributed by atoms with E-state index >= 15 is 0 Å². The molecular weight excluding hydrogens is 340 g/mol. The standard InChI is InChI=1S/C17H16N4O5/c1-26-17(25)12-3-2-11(20-5-4-18-10-20)8-13(12)19-14-9-15(23)21(6-7-22)16(14)24/h2-5,8-10,19,22H,6-7H2,1H3. The molecule has 2 amide bonds. The highest BCUT2D eigenvalue weighted by Gasteiger charge is 2.31. The second kappa shape index (κ2) is 7.19. The predicted octanol–water partition coefficient (Wildman–Crippen LogP) is 0.316. The fourth-order valence-corrected chi connectivity index (χ4v) is 2.55. The number of carbonyl (C=O) groups is 3. The van der Waals surface area contributed by atoms with Crippen molar-refractivity contribution >= 4 is 23.5 Å². The van der Waals surface area contributed by atoms with Crippen LogP contribution in [-0.2, 0) is 14.3 Å². The van der Waals surface area contributed by atoms with E-state index in [-0.39, 0.29) is 24.4 Å². The summed E-state index contributed by atoms with van der Waals surface area (Å²) in [7, 11) is 1.25. The molecule has 2 N–H and O–H groups in total. The number of nitrogens with one attached hydrogen (secondary N) is 1. The monoisotopic (exact) mass is 356 g/mol. The molecule has 0 aliphatic carbocycles. The molecule has 2 heterocycles. The van der Waals surface area contributed by atoms with Crippen molar-refractivity contribution in [1.29, 1.82) is 0 Å². The zero-order valence-corrected chi connectivity index (χ0v) is 13.9.